The summed E-state index contributed by atoms with van der Waals surface area (Å²) in [5, 5.41) is 0. The van der Waals surface area contributed by atoms with Gasteiger partial charge in [-0.2, -0.15) is 0 Å². The van der Waals surface area contributed by atoms with Crippen molar-refractivity contribution in [2.75, 3.05) is 0 Å². The maximum atomic E-state index is 5.42. The first-order valence-corrected chi connectivity index (χ1v) is 5.77. The molecular formula is C13H21NS. The Balaban J connectivity index is 3.28. The van der Waals surface area contributed by atoms with Gasteiger partial charge in [-0.15, -0.1) is 0 Å². The number of nitrogens with zero attached hydrogens (tertiary/aromatic N) is 1. The molecule has 84 valence electrons. The lowest BCUT2D eigenvalue weighted by Crippen LogP contribution is -2.23. The maximum absolute atomic E-state index is 5.42. The fraction of sp³-hybridized carbons (Fsp3) is 0.615. The van der Waals surface area contributed by atoms with Gasteiger partial charge < -0.3 is 4.57 Å². The molecule has 1 rings (SSSR count). The van der Waals surface area contributed by atoms with Crippen LogP contribution in [0.4, 0.5) is 0 Å². The molecule has 0 aliphatic carbocycles. The highest BCUT2D eigenvalue weighted by Crippen LogP contribution is 2.23. The van der Waals surface area contributed by atoms with Crippen molar-refractivity contribution < 1.29 is 0 Å². The van der Waals surface area contributed by atoms with Gasteiger partial charge in [0.25, 0.3) is 0 Å². The molecule has 0 bridgehead atoms. The molecule has 0 aliphatic rings. The summed E-state index contributed by atoms with van der Waals surface area (Å²) >= 11 is 5.42. The van der Waals surface area contributed by atoms with Gasteiger partial charge in [-0.05, 0) is 43.9 Å². The first kappa shape index (κ1) is 12.4. The minimum atomic E-state index is 0.0630. The topological polar surface area (TPSA) is 4.93 Å². The van der Waals surface area contributed by atoms with Crippen LogP contribution in [0, 0.1) is 4.64 Å². The van der Waals surface area contributed by atoms with Crippen LogP contribution in [0.2, 0.25) is 0 Å². The van der Waals surface area contributed by atoms with E-state index in [0.717, 1.165) is 4.64 Å². The normalized spacial score (nSPS) is 12.9. The zero-order chi connectivity index (χ0) is 11.9. The third kappa shape index (κ3) is 2.91. The van der Waals surface area contributed by atoms with E-state index in [0.29, 0.717) is 0 Å². The molecule has 0 spiro atoms. The summed E-state index contributed by atoms with van der Waals surface area (Å²) in [4.78, 5) is 0. The van der Waals surface area contributed by atoms with Gasteiger partial charge in [0.1, 0.15) is 4.64 Å². The number of rotatable bonds is 0. The molecule has 0 aliphatic heterocycles. The average molecular weight is 223 g/mol. The van der Waals surface area contributed by atoms with Crippen molar-refractivity contribution in [3.05, 3.63) is 28.5 Å². The quantitative estimate of drug-likeness (QED) is 0.595. The van der Waals surface area contributed by atoms with Crippen LogP contribution >= 0.6 is 12.2 Å². The molecule has 0 fully saturated rings. The third-order valence-corrected chi connectivity index (χ3v) is 2.82. The molecule has 0 aromatic carbocycles. The molecule has 1 nitrogen and oxygen atoms in total. The standard InChI is InChI=1S/C13H21NS/c1-12(2,3)10-7-8-14(11(15)9-10)13(4,5)6/h7-9H,1-6H3. The average Bonchev–Trinajstić information content (AvgIpc) is 1.99. The molecule has 15 heavy (non-hydrogen) atoms. The van der Waals surface area contributed by atoms with E-state index in [1.807, 2.05) is 0 Å². The van der Waals surface area contributed by atoms with Gasteiger partial charge in [0.05, 0.1) is 0 Å². The Labute approximate surface area is 98.1 Å². The van der Waals surface area contributed by atoms with Crippen LogP contribution in [0.3, 0.4) is 0 Å². The number of aromatic nitrogens is 1. The Morgan fingerprint density at radius 2 is 1.60 bits per heavy atom. The van der Waals surface area contributed by atoms with Gasteiger partial charge in [0.2, 0.25) is 0 Å². The molecule has 1 heterocycles. The Morgan fingerprint density at radius 1 is 1.07 bits per heavy atom. The minimum absolute atomic E-state index is 0.0630. The van der Waals surface area contributed by atoms with Crippen molar-refractivity contribution in [3.8, 4) is 0 Å². The molecule has 0 N–H and O–H groups in total. The van der Waals surface area contributed by atoms with Crippen molar-refractivity contribution in [1.82, 2.24) is 4.57 Å². The van der Waals surface area contributed by atoms with Crippen molar-refractivity contribution >= 4 is 12.2 Å². The van der Waals surface area contributed by atoms with Gasteiger partial charge in [-0.3, -0.25) is 0 Å². The summed E-state index contributed by atoms with van der Waals surface area (Å²) in [6.07, 6.45) is 2.10. The van der Waals surface area contributed by atoms with E-state index in [1.165, 1.54) is 5.56 Å². The zero-order valence-corrected chi connectivity index (χ0v) is 11.4. The fourth-order valence-corrected chi connectivity index (χ4v) is 1.96. The summed E-state index contributed by atoms with van der Waals surface area (Å²) < 4.78 is 3.05. The second kappa shape index (κ2) is 3.75. The fourth-order valence-electron chi connectivity index (χ4n) is 1.50. The van der Waals surface area contributed by atoms with Crippen LogP contribution in [0.15, 0.2) is 18.3 Å². The van der Waals surface area contributed by atoms with E-state index >= 15 is 0 Å². The van der Waals surface area contributed by atoms with Crippen LogP contribution in [0.5, 0.6) is 0 Å². The first-order valence-electron chi connectivity index (χ1n) is 5.36. The maximum Gasteiger partial charge on any atom is 0.106 e. The molecule has 0 saturated carbocycles. The molecule has 0 amide bonds. The van der Waals surface area contributed by atoms with Gasteiger partial charge >= 0.3 is 0 Å². The Bertz CT molecular complexity index is 402. The zero-order valence-electron chi connectivity index (χ0n) is 10.6. The summed E-state index contributed by atoms with van der Waals surface area (Å²) in [5.41, 5.74) is 1.53. The second-order valence-electron chi connectivity index (χ2n) is 6.04. The Morgan fingerprint density at radius 3 is 1.93 bits per heavy atom. The molecule has 1 aromatic heterocycles. The lowest BCUT2D eigenvalue weighted by molar-refractivity contribution is 0.388. The first-order chi connectivity index (χ1) is 6.62. The smallest absolute Gasteiger partial charge is 0.106 e. The monoisotopic (exact) mass is 223 g/mol. The predicted octanol–water partition coefficient (Wildman–Crippen LogP) is 4.27. The summed E-state index contributed by atoms with van der Waals surface area (Å²) in [6.45, 7) is 13.1. The van der Waals surface area contributed by atoms with Crippen LogP contribution in [-0.2, 0) is 11.0 Å². The van der Waals surface area contributed by atoms with E-state index in [2.05, 4.69) is 64.4 Å². The second-order valence-corrected chi connectivity index (χ2v) is 6.46. The molecule has 0 radical (unpaired) electrons. The molecule has 0 saturated heterocycles. The molecule has 0 atom stereocenters. The van der Waals surface area contributed by atoms with E-state index in [9.17, 15) is 0 Å². The number of pyridine rings is 1. The van der Waals surface area contributed by atoms with Crippen LogP contribution in [0.25, 0.3) is 0 Å². The largest absolute Gasteiger partial charge is 0.334 e. The van der Waals surface area contributed by atoms with Gasteiger partial charge in [0.15, 0.2) is 0 Å². The van der Waals surface area contributed by atoms with Crippen LogP contribution in [-0.4, -0.2) is 4.57 Å². The highest BCUT2D eigenvalue weighted by atomic mass is 32.1. The lowest BCUT2D eigenvalue weighted by atomic mass is 9.88. The van der Waals surface area contributed by atoms with Gasteiger partial charge in [-0.25, -0.2) is 0 Å². The lowest BCUT2D eigenvalue weighted by Gasteiger charge is -2.26. The Kier molecular flexibility index (Phi) is 3.11. The highest BCUT2D eigenvalue weighted by Gasteiger charge is 2.17. The summed E-state index contributed by atoms with van der Waals surface area (Å²) in [6, 6.07) is 4.28. The number of hydrogen-bond acceptors (Lipinski definition) is 1. The SMILES string of the molecule is CC(C)(C)c1ccn(C(C)(C)C)c(=S)c1. The Hall–Kier alpha value is -0.630. The third-order valence-electron chi connectivity index (χ3n) is 2.51. The number of hydrogen-bond donors (Lipinski definition) is 0. The predicted molar refractivity (Wildman–Crippen MR) is 69.0 cm³/mol. The van der Waals surface area contributed by atoms with Crippen molar-refractivity contribution in [2.24, 2.45) is 0 Å². The van der Waals surface area contributed by atoms with Crippen molar-refractivity contribution in [2.45, 2.75) is 52.5 Å². The molecule has 0 unspecified atom stereocenters. The van der Waals surface area contributed by atoms with E-state index in [4.69, 9.17) is 12.2 Å². The molecular weight excluding hydrogens is 202 g/mol. The van der Waals surface area contributed by atoms with Gasteiger partial charge in [-0.1, -0.05) is 33.0 Å². The highest BCUT2D eigenvalue weighted by molar-refractivity contribution is 7.71. The van der Waals surface area contributed by atoms with E-state index in [1.54, 1.807) is 0 Å². The summed E-state index contributed by atoms with van der Waals surface area (Å²) in [5.74, 6) is 0. The van der Waals surface area contributed by atoms with Gasteiger partial charge in [0, 0.05) is 11.7 Å². The van der Waals surface area contributed by atoms with Crippen molar-refractivity contribution in [3.63, 3.8) is 0 Å². The minimum Gasteiger partial charge on any atom is -0.334 e. The van der Waals surface area contributed by atoms with E-state index < -0.39 is 0 Å². The summed E-state index contributed by atoms with van der Waals surface area (Å²) in [7, 11) is 0. The van der Waals surface area contributed by atoms with E-state index in [-0.39, 0.29) is 11.0 Å². The van der Waals surface area contributed by atoms with Crippen LogP contribution < -0.4 is 0 Å². The van der Waals surface area contributed by atoms with Crippen molar-refractivity contribution in [1.29, 1.82) is 0 Å². The van der Waals surface area contributed by atoms with Crippen LogP contribution in [0.1, 0.15) is 47.1 Å². The molecule has 1 aromatic rings. The molecule has 2 heteroatoms.